The van der Waals surface area contributed by atoms with Crippen molar-refractivity contribution < 1.29 is 14.3 Å². The van der Waals surface area contributed by atoms with Crippen LogP contribution in [0.1, 0.15) is 24.5 Å². The van der Waals surface area contributed by atoms with E-state index in [-0.39, 0.29) is 6.54 Å². The maximum Gasteiger partial charge on any atom is 0.329 e. The van der Waals surface area contributed by atoms with E-state index in [0.29, 0.717) is 6.61 Å². The van der Waals surface area contributed by atoms with Crippen molar-refractivity contribution in [2.75, 3.05) is 6.61 Å². The first-order chi connectivity index (χ1) is 12.2. The monoisotopic (exact) mass is 339 g/mol. The van der Waals surface area contributed by atoms with Gasteiger partial charge in [-0.25, -0.2) is 5.43 Å². The topological polar surface area (TPSA) is 79.8 Å². The Labute approximate surface area is 146 Å². The summed E-state index contributed by atoms with van der Waals surface area (Å²) in [5.41, 5.74) is 3.90. The molecule has 2 aromatic rings. The first kappa shape index (κ1) is 18.2. The largest absolute Gasteiger partial charge is 0.494 e. The lowest BCUT2D eigenvalue weighted by molar-refractivity contribution is -0.139. The van der Waals surface area contributed by atoms with Gasteiger partial charge in [-0.05, 0) is 41.8 Å². The zero-order chi connectivity index (χ0) is 17.9. The van der Waals surface area contributed by atoms with Crippen molar-refractivity contribution in [3.8, 4) is 5.75 Å². The molecule has 0 spiro atoms. The minimum atomic E-state index is -0.810. The van der Waals surface area contributed by atoms with Crippen molar-refractivity contribution in [1.82, 2.24) is 10.7 Å². The number of ether oxygens (including phenoxy) is 1. The molecular weight excluding hydrogens is 318 g/mol. The molecule has 0 aromatic heterocycles. The number of nitrogens with one attached hydrogen (secondary N) is 2. The predicted octanol–water partition coefficient (Wildman–Crippen LogP) is 2.24. The van der Waals surface area contributed by atoms with Crippen LogP contribution in [0.4, 0.5) is 0 Å². The third-order valence-corrected chi connectivity index (χ3v) is 3.23. The Morgan fingerprint density at radius 2 is 1.76 bits per heavy atom. The average Bonchev–Trinajstić information content (AvgIpc) is 2.66. The van der Waals surface area contributed by atoms with E-state index in [0.717, 1.165) is 23.3 Å². The molecular formula is C19H21N3O3. The van der Waals surface area contributed by atoms with Gasteiger partial charge in [0, 0.05) is 6.54 Å². The van der Waals surface area contributed by atoms with Gasteiger partial charge >= 0.3 is 11.8 Å². The highest BCUT2D eigenvalue weighted by molar-refractivity contribution is 6.35. The molecule has 2 N–H and O–H groups in total. The Kier molecular flexibility index (Phi) is 7.18. The number of carbonyl (C=O) groups is 2. The molecule has 0 saturated heterocycles. The number of rotatable bonds is 7. The van der Waals surface area contributed by atoms with Crippen molar-refractivity contribution in [2.45, 2.75) is 19.9 Å². The van der Waals surface area contributed by atoms with Crippen LogP contribution < -0.4 is 15.5 Å². The van der Waals surface area contributed by atoms with Crippen molar-refractivity contribution >= 4 is 18.0 Å². The first-order valence-electron chi connectivity index (χ1n) is 8.07. The van der Waals surface area contributed by atoms with Gasteiger partial charge < -0.3 is 10.1 Å². The highest BCUT2D eigenvalue weighted by Crippen LogP contribution is 2.11. The maximum absolute atomic E-state index is 11.7. The number of hydrazone groups is 1. The second kappa shape index (κ2) is 9.87. The lowest BCUT2D eigenvalue weighted by atomic mass is 10.2. The highest BCUT2D eigenvalue weighted by Gasteiger charge is 2.11. The summed E-state index contributed by atoms with van der Waals surface area (Å²) in [6.45, 7) is 3.00. The average molecular weight is 339 g/mol. The highest BCUT2D eigenvalue weighted by atomic mass is 16.5. The number of carbonyl (C=O) groups excluding carboxylic acids is 2. The third kappa shape index (κ3) is 6.47. The fourth-order valence-corrected chi connectivity index (χ4v) is 1.94. The van der Waals surface area contributed by atoms with Crippen molar-refractivity contribution in [3.05, 3.63) is 65.7 Å². The minimum absolute atomic E-state index is 0.288. The van der Waals surface area contributed by atoms with Crippen molar-refractivity contribution in [1.29, 1.82) is 0 Å². The van der Waals surface area contributed by atoms with Crippen LogP contribution in [0.5, 0.6) is 5.75 Å². The van der Waals surface area contributed by atoms with Gasteiger partial charge in [0.1, 0.15) is 5.75 Å². The quantitative estimate of drug-likeness (QED) is 0.461. The molecule has 0 atom stereocenters. The molecule has 2 rings (SSSR count). The van der Waals surface area contributed by atoms with Crippen molar-refractivity contribution in [3.63, 3.8) is 0 Å². The van der Waals surface area contributed by atoms with Crippen LogP contribution in [0, 0.1) is 0 Å². The van der Waals surface area contributed by atoms with Crippen LogP contribution in [0.2, 0.25) is 0 Å². The Bertz CT molecular complexity index is 712. The van der Waals surface area contributed by atoms with Gasteiger partial charge in [0.15, 0.2) is 0 Å². The van der Waals surface area contributed by atoms with Gasteiger partial charge in [-0.15, -0.1) is 0 Å². The summed E-state index contributed by atoms with van der Waals surface area (Å²) < 4.78 is 5.48. The zero-order valence-electron chi connectivity index (χ0n) is 14.1. The van der Waals surface area contributed by atoms with E-state index in [1.54, 1.807) is 0 Å². The van der Waals surface area contributed by atoms with E-state index in [4.69, 9.17) is 4.74 Å². The maximum atomic E-state index is 11.7. The predicted molar refractivity (Wildman–Crippen MR) is 96.3 cm³/mol. The Morgan fingerprint density at radius 3 is 2.44 bits per heavy atom. The third-order valence-electron chi connectivity index (χ3n) is 3.23. The number of hydrogen-bond donors (Lipinski definition) is 2. The molecule has 0 fully saturated rings. The lowest BCUT2D eigenvalue weighted by Crippen LogP contribution is -2.37. The second-order valence-electron chi connectivity index (χ2n) is 5.28. The molecule has 6 heteroatoms. The van der Waals surface area contributed by atoms with Gasteiger partial charge in [0.2, 0.25) is 0 Å². The van der Waals surface area contributed by atoms with Gasteiger partial charge in [0.05, 0.1) is 12.8 Å². The molecule has 2 amide bonds. The smallest absolute Gasteiger partial charge is 0.329 e. The van der Waals surface area contributed by atoms with E-state index < -0.39 is 11.8 Å². The van der Waals surface area contributed by atoms with Crippen LogP contribution in [0.25, 0.3) is 0 Å². The molecule has 25 heavy (non-hydrogen) atoms. The Morgan fingerprint density at radius 1 is 1.04 bits per heavy atom. The molecule has 6 nitrogen and oxygen atoms in total. The van der Waals surface area contributed by atoms with Gasteiger partial charge in [-0.3, -0.25) is 9.59 Å². The summed E-state index contributed by atoms with van der Waals surface area (Å²) in [7, 11) is 0. The summed E-state index contributed by atoms with van der Waals surface area (Å²) in [5.74, 6) is -0.761. The normalized spacial score (nSPS) is 10.4. The molecule has 0 radical (unpaired) electrons. The van der Waals surface area contributed by atoms with E-state index >= 15 is 0 Å². The van der Waals surface area contributed by atoms with E-state index in [2.05, 4.69) is 15.8 Å². The van der Waals surface area contributed by atoms with Crippen LogP contribution in [0.3, 0.4) is 0 Å². The Balaban J connectivity index is 1.76. The molecule has 0 aliphatic rings. The van der Waals surface area contributed by atoms with E-state index in [1.807, 2.05) is 61.5 Å². The fourth-order valence-electron chi connectivity index (χ4n) is 1.94. The first-order valence-corrected chi connectivity index (χ1v) is 8.07. The van der Waals surface area contributed by atoms with Crippen LogP contribution in [-0.2, 0) is 16.1 Å². The van der Waals surface area contributed by atoms with Crippen LogP contribution in [-0.4, -0.2) is 24.6 Å². The molecule has 2 aromatic carbocycles. The van der Waals surface area contributed by atoms with E-state index in [9.17, 15) is 9.59 Å². The Hall–Kier alpha value is -3.15. The van der Waals surface area contributed by atoms with E-state index in [1.165, 1.54) is 6.21 Å². The molecule has 0 unspecified atom stereocenters. The van der Waals surface area contributed by atoms with Gasteiger partial charge in [-0.2, -0.15) is 5.10 Å². The molecule has 130 valence electrons. The van der Waals surface area contributed by atoms with Gasteiger partial charge in [-0.1, -0.05) is 37.3 Å². The summed E-state index contributed by atoms with van der Waals surface area (Å²) in [4.78, 5) is 23.4. The SMILES string of the molecule is CCCOc1ccc(/C=N\NC(=O)C(=O)NCc2ccccc2)cc1. The minimum Gasteiger partial charge on any atom is -0.494 e. The summed E-state index contributed by atoms with van der Waals surface area (Å²) >= 11 is 0. The summed E-state index contributed by atoms with van der Waals surface area (Å²) in [6, 6.07) is 16.6. The fraction of sp³-hybridized carbons (Fsp3) is 0.211. The summed E-state index contributed by atoms with van der Waals surface area (Å²) in [6.07, 6.45) is 2.41. The van der Waals surface area contributed by atoms with Crippen LogP contribution in [0.15, 0.2) is 59.7 Å². The van der Waals surface area contributed by atoms with Crippen LogP contribution >= 0.6 is 0 Å². The molecule has 0 saturated carbocycles. The molecule has 0 aliphatic heterocycles. The lowest BCUT2D eigenvalue weighted by Gasteiger charge is -2.04. The standard InChI is InChI=1S/C19H21N3O3/c1-2-12-25-17-10-8-16(9-11-17)14-21-22-19(24)18(23)20-13-15-6-4-3-5-7-15/h3-11,14H,2,12-13H2,1H3,(H,20,23)(H,22,24)/b21-14-. The number of benzene rings is 2. The second-order valence-corrected chi connectivity index (χ2v) is 5.28. The number of amides is 2. The number of hydrogen-bond acceptors (Lipinski definition) is 4. The molecule has 0 heterocycles. The van der Waals surface area contributed by atoms with Gasteiger partial charge in [0.25, 0.3) is 0 Å². The summed E-state index contributed by atoms with van der Waals surface area (Å²) in [5, 5.41) is 6.32. The number of nitrogens with zero attached hydrogens (tertiary/aromatic N) is 1. The molecule has 0 aliphatic carbocycles. The molecule has 0 bridgehead atoms. The van der Waals surface area contributed by atoms with Crippen molar-refractivity contribution in [2.24, 2.45) is 5.10 Å². The zero-order valence-corrected chi connectivity index (χ0v) is 14.1.